The molecule has 0 fully saturated rings. The summed E-state index contributed by atoms with van der Waals surface area (Å²) in [6.45, 7) is 6.94. The van der Waals surface area contributed by atoms with Gasteiger partial charge in [-0.15, -0.1) is 0 Å². The highest BCUT2D eigenvalue weighted by molar-refractivity contribution is 5.98. The quantitative estimate of drug-likeness (QED) is 0.739. The molecule has 0 aliphatic rings. The predicted molar refractivity (Wildman–Crippen MR) is 100 cm³/mol. The van der Waals surface area contributed by atoms with E-state index < -0.39 is 0 Å². The third-order valence-electron chi connectivity index (χ3n) is 4.30. The second-order valence-electron chi connectivity index (χ2n) is 6.82. The van der Waals surface area contributed by atoms with Crippen LogP contribution in [0.4, 0.5) is 0 Å². The molecule has 0 aliphatic carbocycles. The van der Waals surface area contributed by atoms with Gasteiger partial charge in [0.25, 0.3) is 11.5 Å². The van der Waals surface area contributed by atoms with Crippen LogP contribution in [-0.2, 0) is 6.54 Å². The number of rotatable bonds is 6. The van der Waals surface area contributed by atoms with E-state index in [0.717, 1.165) is 6.42 Å². The fourth-order valence-electron chi connectivity index (χ4n) is 2.80. The first-order valence-corrected chi connectivity index (χ1v) is 8.77. The number of hydrogen-bond acceptors (Lipinski definition) is 4. The van der Waals surface area contributed by atoms with Gasteiger partial charge in [0.05, 0.1) is 35.0 Å². The molecule has 0 radical (unpaired) electrons. The molecule has 136 valence electrons. The number of pyridine rings is 2. The standard InChI is InChI=1S/C20H23N3O3/c1-13(2)6-8-21-19(24)16-11-17-18(22-14(16)3)7-9-23(20(17)25)12-15-5-4-10-26-15/h4-5,7,9-11,13H,6,8,12H2,1-3H3,(H,21,24). The number of aryl methyl sites for hydroxylation is 1. The Morgan fingerprint density at radius 2 is 2.15 bits per heavy atom. The second-order valence-corrected chi connectivity index (χ2v) is 6.82. The number of fused-ring (bicyclic) bond motifs is 1. The topological polar surface area (TPSA) is 77.1 Å². The van der Waals surface area contributed by atoms with E-state index >= 15 is 0 Å². The van der Waals surface area contributed by atoms with E-state index in [1.54, 1.807) is 42.1 Å². The molecule has 6 nitrogen and oxygen atoms in total. The van der Waals surface area contributed by atoms with Crippen molar-refractivity contribution in [1.82, 2.24) is 14.9 Å². The first-order chi connectivity index (χ1) is 12.5. The molecule has 3 rings (SSSR count). The summed E-state index contributed by atoms with van der Waals surface area (Å²) in [7, 11) is 0. The first kappa shape index (κ1) is 17.9. The van der Waals surface area contributed by atoms with Crippen LogP contribution in [0.2, 0.25) is 0 Å². The van der Waals surface area contributed by atoms with Gasteiger partial charge in [-0.3, -0.25) is 14.6 Å². The Morgan fingerprint density at radius 3 is 2.85 bits per heavy atom. The van der Waals surface area contributed by atoms with E-state index in [2.05, 4.69) is 24.1 Å². The van der Waals surface area contributed by atoms with Crippen molar-refractivity contribution >= 4 is 16.8 Å². The SMILES string of the molecule is Cc1nc2ccn(Cc3ccco3)c(=O)c2cc1C(=O)NCCC(C)C. The summed E-state index contributed by atoms with van der Waals surface area (Å²) in [6, 6.07) is 7.03. The van der Waals surface area contributed by atoms with Crippen LogP contribution in [0, 0.1) is 12.8 Å². The van der Waals surface area contributed by atoms with Gasteiger partial charge in [-0.05, 0) is 43.5 Å². The maximum atomic E-state index is 12.8. The van der Waals surface area contributed by atoms with Gasteiger partial charge in [0, 0.05) is 12.7 Å². The first-order valence-electron chi connectivity index (χ1n) is 8.77. The van der Waals surface area contributed by atoms with Crippen molar-refractivity contribution < 1.29 is 9.21 Å². The number of nitrogens with zero attached hydrogens (tertiary/aromatic N) is 2. The van der Waals surface area contributed by atoms with Crippen LogP contribution in [0.1, 0.15) is 42.1 Å². The zero-order valence-electron chi connectivity index (χ0n) is 15.3. The number of hydrogen-bond donors (Lipinski definition) is 1. The third-order valence-corrected chi connectivity index (χ3v) is 4.30. The summed E-state index contributed by atoms with van der Waals surface area (Å²) in [5.41, 5.74) is 1.45. The van der Waals surface area contributed by atoms with Crippen LogP contribution < -0.4 is 10.9 Å². The summed E-state index contributed by atoms with van der Waals surface area (Å²) >= 11 is 0. The van der Waals surface area contributed by atoms with Gasteiger partial charge in [-0.1, -0.05) is 13.8 Å². The van der Waals surface area contributed by atoms with Crippen molar-refractivity contribution in [3.05, 3.63) is 64.1 Å². The highest BCUT2D eigenvalue weighted by Gasteiger charge is 2.14. The largest absolute Gasteiger partial charge is 0.467 e. The molecule has 0 unspecified atom stereocenters. The van der Waals surface area contributed by atoms with Crippen molar-refractivity contribution in [2.75, 3.05) is 6.54 Å². The molecule has 3 aromatic heterocycles. The van der Waals surface area contributed by atoms with Gasteiger partial charge in [-0.2, -0.15) is 0 Å². The Bertz CT molecular complexity index is 972. The fourth-order valence-corrected chi connectivity index (χ4v) is 2.80. The third kappa shape index (κ3) is 3.85. The van der Waals surface area contributed by atoms with Crippen molar-refractivity contribution in [2.45, 2.75) is 33.7 Å². The maximum Gasteiger partial charge on any atom is 0.260 e. The van der Waals surface area contributed by atoms with Gasteiger partial charge in [0.2, 0.25) is 0 Å². The van der Waals surface area contributed by atoms with Gasteiger partial charge in [0.15, 0.2) is 0 Å². The maximum absolute atomic E-state index is 12.8. The number of amides is 1. The molecule has 0 spiro atoms. The van der Waals surface area contributed by atoms with E-state index in [0.29, 0.717) is 46.9 Å². The molecule has 1 amide bonds. The second kappa shape index (κ2) is 7.56. The predicted octanol–water partition coefficient (Wildman–Crippen LogP) is 3.12. The average Bonchev–Trinajstić information content (AvgIpc) is 3.10. The van der Waals surface area contributed by atoms with Crippen molar-refractivity contribution in [2.24, 2.45) is 5.92 Å². The molecule has 3 heterocycles. The Morgan fingerprint density at radius 1 is 1.35 bits per heavy atom. The molecule has 0 bridgehead atoms. The fraction of sp³-hybridized carbons (Fsp3) is 0.350. The minimum atomic E-state index is -0.196. The smallest absolute Gasteiger partial charge is 0.260 e. The van der Waals surface area contributed by atoms with Gasteiger partial charge < -0.3 is 14.3 Å². The zero-order valence-corrected chi connectivity index (χ0v) is 15.3. The van der Waals surface area contributed by atoms with Crippen molar-refractivity contribution in [3.8, 4) is 0 Å². The summed E-state index contributed by atoms with van der Waals surface area (Å²) in [6.07, 6.45) is 4.18. The Hall–Kier alpha value is -2.89. The lowest BCUT2D eigenvalue weighted by atomic mass is 10.1. The molecule has 0 saturated heterocycles. The lowest BCUT2D eigenvalue weighted by Gasteiger charge is -2.11. The van der Waals surface area contributed by atoms with Crippen LogP contribution in [0.25, 0.3) is 10.9 Å². The number of aromatic nitrogens is 2. The Balaban J connectivity index is 1.93. The van der Waals surface area contributed by atoms with Crippen LogP contribution in [0.5, 0.6) is 0 Å². The Kier molecular flexibility index (Phi) is 5.21. The highest BCUT2D eigenvalue weighted by atomic mass is 16.3. The summed E-state index contributed by atoms with van der Waals surface area (Å²) in [4.78, 5) is 29.7. The van der Waals surface area contributed by atoms with Crippen molar-refractivity contribution in [1.29, 1.82) is 0 Å². The monoisotopic (exact) mass is 353 g/mol. The summed E-state index contributed by atoms with van der Waals surface area (Å²) < 4.78 is 6.86. The van der Waals surface area contributed by atoms with Gasteiger partial charge in [-0.25, -0.2) is 0 Å². The molecular formula is C20H23N3O3. The number of carbonyl (C=O) groups excluding carboxylic acids is 1. The molecule has 0 atom stereocenters. The molecule has 26 heavy (non-hydrogen) atoms. The molecule has 6 heteroatoms. The highest BCUT2D eigenvalue weighted by Crippen LogP contribution is 2.14. The van der Waals surface area contributed by atoms with E-state index in [1.807, 2.05) is 6.07 Å². The average molecular weight is 353 g/mol. The lowest BCUT2D eigenvalue weighted by Crippen LogP contribution is -2.27. The molecule has 0 saturated carbocycles. The number of carbonyl (C=O) groups is 1. The molecule has 3 aromatic rings. The van der Waals surface area contributed by atoms with Crippen molar-refractivity contribution in [3.63, 3.8) is 0 Å². The number of furan rings is 1. The van der Waals surface area contributed by atoms with Crippen LogP contribution in [0.3, 0.4) is 0 Å². The molecule has 1 N–H and O–H groups in total. The van der Waals surface area contributed by atoms with Crippen LogP contribution in [0.15, 0.2) is 45.9 Å². The zero-order chi connectivity index (χ0) is 18.7. The van der Waals surface area contributed by atoms with Gasteiger partial charge >= 0.3 is 0 Å². The minimum absolute atomic E-state index is 0.192. The summed E-state index contributed by atoms with van der Waals surface area (Å²) in [5, 5.41) is 3.33. The van der Waals surface area contributed by atoms with E-state index in [1.165, 1.54) is 0 Å². The Labute approximate surface area is 151 Å². The van der Waals surface area contributed by atoms with E-state index in [9.17, 15) is 9.59 Å². The molecular weight excluding hydrogens is 330 g/mol. The van der Waals surface area contributed by atoms with E-state index in [4.69, 9.17) is 4.42 Å². The van der Waals surface area contributed by atoms with Gasteiger partial charge in [0.1, 0.15) is 5.76 Å². The van der Waals surface area contributed by atoms with E-state index in [-0.39, 0.29) is 11.5 Å². The number of nitrogens with one attached hydrogen (secondary N) is 1. The normalized spacial score (nSPS) is 11.2. The van der Waals surface area contributed by atoms with Crippen LogP contribution >= 0.6 is 0 Å². The lowest BCUT2D eigenvalue weighted by molar-refractivity contribution is 0.0951. The van der Waals surface area contributed by atoms with Crippen LogP contribution in [-0.4, -0.2) is 22.0 Å². The summed E-state index contributed by atoms with van der Waals surface area (Å²) in [5.74, 6) is 1.01. The molecule has 0 aliphatic heterocycles. The molecule has 0 aromatic carbocycles. The minimum Gasteiger partial charge on any atom is -0.467 e.